The summed E-state index contributed by atoms with van der Waals surface area (Å²) in [5, 5.41) is 12.9. The first-order valence-electron chi connectivity index (χ1n) is 10.2. The van der Waals surface area contributed by atoms with Gasteiger partial charge in [0.15, 0.2) is 0 Å². The minimum Gasteiger partial charge on any atom is -0.329 e. The fourth-order valence-corrected chi connectivity index (χ4v) is 3.11. The second-order valence-electron chi connectivity index (χ2n) is 8.59. The van der Waals surface area contributed by atoms with Gasteiger partial charge < -0.3 is 16.0 Å². The second kappa shape index (κ2) is 9.04. The Kier molecular flexibility index (Phi) is 6.44. The molecule has 1 aromatic heterocycles. The van der Waals surface area contributed by atoms with E-state index in [1.54, 1.807) is 16.8 Å². The molecule has 0 unspecified atom stereocenters. The largest absolute Gasteiger partial charge is 0.329 e. The zero-order chi connectivity index (χ0) is 22.6. The lowest BCUT2D eigenvalue weighted by molar-refractivity contribution is -0.115. The summed E-state index contributed by atoms with van der Waals surface area (Å²) in [6.07, 6.45) is 0. The number of benzene rings is 2. The van der Waals surface area contributed by atoms with Gasteiger partial charge in [-0.25, -0.2) is 9.48 Å². The summed E-state index contributed by atoms with van der Waals surface area (Å²) in [5.41, 5.74) is 4.44. The highest BCUT2D eigenvalue weighted by molar-refractivity contribution is 5.96. The van der Waals surface area contributed by atoms with Crippen LogP contribution in [0.25, 0.3) is 5.69 Å². The Morgan fingerprint density at radius 1 is 0.968 bits per heavy atom. The van der Waals surface area contributed by atoms with Gasteiger partial charge in [0.05, 0.1) is 17.9 Å². The fraction of sp³-hybridized carbons (Fsp3) is 0.292. The summed E-state index contributed by atoms with van der Waals surface area (Å²) >= 11 is 0. The van der Waals surface area contributed by atoms with Crippen molar-refractivity contribution in [1.82, 2.24) is 15.1 Å². The average Bonchev–Trinajstić information content (AvgIpc) is 3.11. The van der Waals surface area contributed by atoms with Gasteiger partial charge in [-0.05, 0) is 37.6 Å². The molecule has 162 valence electrons. The van der Waals surface area contributed by atoms with E-state index in [9.17, 15) is 9.59 Å². The van der Waals surface area contributed by atoms with Crippen molar-refractivity contribution in [2.45, 2.75) is 40.0 Å². The number of urea groups is 1. The van der Waals surface area contributed by atoms with Gasteiger partial charge in [-0.2, -0.15) is 5.10 Å². The molecule has 0 radical (unpaired) electrons. The van der Waals surface area contributed by atoms with Crippen LogP contribution in [-0.2, 0) is 10.2 Å². The summed E-state index contributed by atoms with van der Waals surface area (Å²) in [6.45, 7) is 10.1. The van der Waals surface area contributed by atoms with Crippen molar-refractivity contribution in [2.75, 3.05) is 17.2 Å². The van der Waals surface area contributed by atoms with E-state index in [0.29, 0.717) is 11.5 Å². The highest BCUT2D eigenvalue weighted by Crippen LogP contribution is 2.27. The van der Waals surface area contributed by atoms with Crippen molar-refractivity contribution in [3.8, 4) is 5.69 Å². The predicted octanol–water partition coefficient (Wildman–Crippen LogP) is 4.55. The minimum atomic E-state index is -0.445. The molecule has 2 aromatic carbocycles. The molecule has 31 heavy (non-hydrogen) atoms. The van der Waals surface area contributed by atoms with Crippen molar-refractivity contribution < 1.29 is 9.59 Å². The molecule has 3 amide bonds. The number of carbonyl (C=O) groups is 2. The molecule has 7 heteroatoms. The highest BCUT2D eigenvalue weighted by Gasteiger charge is 2.22. The maximum absolute atomic E-state index is 12.6. The van der Waals surface area contributed by atoms with Crippen LogP contribution in [0.15, 0.2) is 54.6 Å². The first kappa shape index (κ1) is 22.1. The molecule has 0 atom stereocenters. The highest BCUT2D eigenvalue weighted by atomic mass is 16.2. The van der Waals surface area contributed by atoms with Crippen molar-refractivity contribution in [3.63, 3.8) is 0 Å². The van der Waals surface area contributed by atoms with Gasteiger partial charge >= 0.3 is 6.03 Å². The van der Waals surface area contributed by atoms with Crippen LogP contribution in [0.3, 0.4) is 0 Å². The standard InChI is InChI=1S/C24H29N5O2/c1-16-11-12-19(17(2)13-16)29-21(14-20(28-29)24(3,4)5)27-22(30)15-25-23(31)26-18-9-7-6-8-10-18/h6-14H,15H2,1-5H3,(H,27,30)(H2,25,26,31). The average molecular weight is 420 g/mol. The number of nitrogens with one attached hydrogen (secondary N) is 3. The first-order valence-corrected chi connectivity index (χ1v) is 10.2. The molecule has 3 aromatic rings. The zero-order valence-corrected chi connectivity index (χ0v) is 18.6. The van der Waals surface area contributed by atoms with Crippen molar-refractivity contribution in [2.24, 2.45) is 0 Å². The molecule has 0 saturated heterocycles. The molecule has 0 fully saturated rings. The molecular weight excluding hydrogens is 390 g/mol. The van der Waals surface area contributed by atoms with E-state index >= 15 is 0 Å². The van der Waals surface area contributed by atoms with Crippen LogP contribution in [-0.4, -0.2) is 28.3 Å². The number of amides is 3. The summed E-state index contributed by atoms with van der Waals surface area (Å²) < 4.78 is 1.75. The van der Waals surface area contributed by atoms with Crippen molar-refractivity contribution in [1.29, 1.82) is 0 Å². The van der Waals surface area contributed by atoms with Gasteiger partial charge in [-0.3, -0.25) is 4.79 Å². The number of nitrogens with zero attached hydrogens (tertiary/aromatic N) is 2. The van der Waals surface area contributed by atoms with E-state index in [4.69, 9.17) is 5.10 Å². The molecule has 0 bridgehead atoms. The molecule has 7 nitrogen and oxygen atoms in total. The first-order chi connectivity index (χ1) is 14.6. The summed E-state index contributed by atoms with van der Waals surface area (Å²) in [4.78, 5) is 24.6. The monoisotopic (exact) mass is 419 g/mol. The number of aromatic nitrogens is 2. The number of hydrogen-bond donors (Lipinski definition) is 3. The SMILES string of the molecule is Cc1ccc(-n2nc(C(C)(C)C)cc2NC(=O)CNC(=O)Nc2ccccc2)c(C)c1. The Hall–Kier alpha value is -3.61. The van der Waals surface area contributed by atoms with Gasteiger partial charge in [0, 0.05) is 17.2 Å². The van der Waals surface area contributed by atoms with Crippen molar-refractivity contribution in [3.05, 3.63) is 71.4 Å². The molecular formula is C24H29N5O2. The summed E-state index contributed by atoms with van der Waals surface area (Å²) in [5.74, 6) is 0.224. The number of carbonyl (C=O) groups excluding carboxylic acids is 2. The van der Waals surface area contributed by atoms with Crippen LogP contribution in [0.5, 0.6) is 0 Å². The van der Waals surface area contributed by atoms with Crippen LogP contribution in [0.1, 0.15) is 37.6 Å². The van der Waals surface area contributed by atoms with Crippen LogP contribution in [0.4, 0.5) is 16.3 Å². The number of para-hydroxylation sites is 1. The zero-order valence-electron chi connectivity index (χ0n) is 18.6. The minimum absolute atomic E-state index is 0.165. The Bertz CT molecular complexity index is 1080. The lowest BCUT2D eigenvalue weighted by Crippen LogP contribution is -2.36. The second-order valence-corrected chi connectivity index (χ2v) is 8.59. The van der Waals surface area contributed by atoms with Crippen LogP contribution in [0, 0.1) is 13.8 Å². The third-order valence-electron chi connectivity index (χ3n) is 4.77. The molecule has 3 N–H and O–H groups in total. The lowest BCUT2D eigenvalue weighted by Gasteiger charge is -2.14. The van der Waals surface area contributed by atoms with Gasteiger partial charge in [0.1, 0.15) is 5.82 Å². The number of aryl methyl sites for hydroxylation is 2. The Morgan fingerprint density at radius 3 is 2.32 bits per heavy atom. The van der Waals surface area contributed by atoms with Gasteiger partial charge in [0.25, 0.3) is 0 Å². The van der Waals surface area contributed by atoms with Gasteiger partial charge in [-0.15, -0.1) is 0 Å². The topological polar surface area (TPSA) is 88.1 Å². The maximum Gasteiger partial charge on any atom is 0.319 e. The van der Waals surface area contributed by atoms with E-state index in [2.05, 4.69) is 42.8 Å². The molecule has 0 spiro atoms. The molecule has 0 aliphatic carbocycles. The number of anilines is 2. The maximum atomic E-state index is 12.6. The van der Waals surface area contributed by atoms with Crippen LogP contribution >= 0.6 is 0 Å². The van der Waals surface area contributed by atoms with Crippen LogP contribution < -0.4 is 16.0 Å². The summed E-state index contributed by atoms with van der Waals surface area (Å²) in [7, 11) is 0. The number of hydrogen-bond acceptors (Lipinski definition) is 3. The molecule has 3 rings (SSSR count). The Labute approximate surface area is 182 Å². The smallest absolute Gasteiger partial charge is 0.319 e. The Balaban J connectivity index is 1.74. The lowest BCUT2D eigenvalue weighted by atomic mass is 9.92. The van der Waals surface area contributed by atoms with Gasteiger partial charge in [0.2, 0.25) is 5.91 Å². The van der Waals surface area contributed by atoms with Gasteiger partial charge in [-0.1, -0.05) is 56.7 Å². The molecule has 1 heterocycles. The third-order valence-corrected chi connectivity index (χ3v) is 4.77. The van der Waals surface area contributed by atoms with E-state index in [-0.39, 0.29) is 17.9 Å². The molecule has 0 saturated carbocycles. The number of rotatable bonds is 5. The predicted molar refractivity (Wildman–Crippen MR) is 124 cm³/mol. The van der Waals surface area contributed by atoms with Crippen molar-refractivity contribution >= 4 is 23.4 Å². The summed E-state index contributed by atoms with van der Waals surface area (Å²) in [6, 6.07) is 16.6. The molecule has 0 aliphatic heterocycles. The molecule has 0 aliphatic rings. The Morgan fingerprint density at radius 2 is 1.68 bits per heavy atom. The quantitative estimate of drug-likeness (QED) is 0.567. The van der Waals surface area contributed by atoms with E-state index in [1.165, 1.54) is 0 Å². The normalized spacial score (nSPS) is 11.1. The van der Waals surface area contributed by atoms with E-state index in [1.807, 2.05) is 50.2 Å². The van der Waals surface area contributed by atoms with E-state index in [0.717, 1.165) is 22.5 Å². The van der Waals surface area contributed by atoms with Crippen LogP contribution in [0.2, 0.25) is 0 Å². The van der Waals surface area contributed by atoms with E-state index < -0.39 is 6.03 Å². The fourth-order valence-electron chi connectivity index (χ4n) is 3.11. The third kappa shape index (κ3) is 5.72.